The standard InChI is InChI=1S/C21H14Cl2N2O5/c1-10(25-19(26)12-4-2-3-5-13(12)20(25)27)9-30-17-8-16(21(28)29)24-15-7-11(22)6-14(23)18(15)17/h2-8,10H,9H2,1H3,(H,28,29). The molecule has 9 heteroatoms. The summed E-state index contributed by atoms with van der Waals surface area (Å²) in [7, 11) is 0. The fraction of sp³-hybridized carbons (Fsp3) is 0.143. The quantitative estimate of drug-likeness (QED) is 0.589. The third-order valence-electron chi connectivity index (χ3n) is 4.75. The third kappa shape index (κ3) is 3.36. The van der Waals surface area contributed by atoms with Crippen LogP contribution in [0.2, 0.25) is 10.0 Å². The number of carboxylic acids is 1. The van der Waals surface area contributed by atoms with E-state index >= 15 is 0 Å². The number of rotatable bonds is 5. The molecule has 2 amide bonds. The van der Waals surface area contributed by atoms with Gasteiger partial charge in [0.1, 0.15) is 12.4 Å². The van der Waals surface area contributed by atoms with E-state index in [0.29, 0.717) is 21.5 Å². The maximum absolute atomic E-state index is 12.6. The normalized spacial score (nSPS) is 14.2. The molecule has 3 aromatic rings. The Morgan fingerprint density at radius 2 is 1.77 bits per heavy atom. The molecule has 2 aromatic carbocycles. The van der Waals surface area contributed by atoms with Crippen LogP contribution in [0.15, 0.2) is 42.5 Å². The zero-order chi connectivity index (χ0) is 21.6. The molecule has 4 rings (SSSR count). The molecular formula is C21H14Cl2N2O5. The first-order valence-corrected chi connectivity index (χ1v) is 9.66. The van der Waals surface area contributed by atoms with Crippen LogP contribution < -0.4 is 4.74 Å². The minimum Gasteiger partial charge on any atom is -0.491 e. The molecule has 0 spiro atoms. The van der Waals surface area contributed by atoms with E-state index in [1.807, 2.05) is 0 Å². The average Bonchev–Trinajstić information content (AvgIpc) is 2.96. The Morgan fingerprint density at radius 1 is 1.13 bits per heavy atom. The zero-order valence-corrected chi connectivity index (χ0v) is 17.1. The Balaban J connectivity index is 1.65. The van der Waals surface area contributed by atoms with Crippen molar-refractivity contribution in [3.8, 4) is 5.75 Å². The molecule has 30 heavy (non-hydrogen) atoms. The molecule has 0 radical (unpaired) electrons. The van der Waals surface area contributed by atoms with Gasteiger partial charge < -0.3 is 9.84 Å². The number of amides is 2. The Labute approximate surface area is 180 Å². The van der Waals surface area contributed by atoms with Crippen LogP contribution in [-0.4, -0.2) is 45.4 Å². The number of carboxylic acid groups (broad SMARTS) is 1. The van der Waals surface area contributed by atoms with Gasteiger partial charge in [0.2, 0.25) is 0 Å². The van der Waals surface area contributed by atoms with E-state index in [1.54, 1.807) is 31.2 Å². The SMILES string of the molecule is CC(COc1cc(C(=O)O)nc2cc(Cl)cc(Cl)c12)N1C(=O)c2ccccc2C1=O. The molecule has 1 aliphatic heterocycles. The van der Waals surface area contributed by atoms with Crippen LogP contribution in [0.3, 0.4) is 0 Å². The van der Waals surface area contributed by atoms with Gasteiger partial charge in [0, 0.05) is 11.1 Å². The number of nitrogens with zero attached hydrogens (tertiary/aromatic N) is 2. The molecule has 7 nitrogen and oxygen atoms in total. The predicted octanol–water partition coefficient (Wildman–Crippen LogP) is 4.30. The summed E-state index contributed by atoms with van der Waals surface area (Å²) in [5.74, 6) is -1.88. The Morgan fingerprint density at radius 3 is 2.37 bits per heavy atom. The van der Waals surface area contributed by atoms with Crippen LogP contribution in [-0.2, 0) is 0 Å². The summed E-state index contributed by atoms with van der Waals surface area (Å²) in [4.78, 5) is 41.9. The van der Waals surface area contributed by atoms with Crippen molar-refractivity contribution in [3.63, 3.8) is 0 Å². The van der Waals surface area contributed by atoms with Crippen molar-refractivity contribution >= 4 is 51.9 Å². The first-order chi connectivity index (χ1) is 14.3. The van der Waals surface area contributed by atoms with Gasteiger partial charge in [0.05, 0.1) is 33.1 Å². The molecule has 1 aliphatic rings. The monoisotopic (exact) mass is 444 g/mol. The van der Waals surface area contributed by atoms with Crippen molar-refractivity contribution in [1.29, 1.82) is 0 Å². The van der Waals surface area contributed by atoms with Gasteiger partial charge in [-0.1, -0.05) is 35.3 Å². The first-order valence-electron chi connectivity index (χ1n) is 8.90. The van der Waals surface area contributed by atoms with Crippen LogP contribution in [0.4, 0.5) is 0 Å². The highest BCUT2D eigenvalue weighted by Crippen LogP contribution is 2.35. The van der Waals surface area contributed by atoms with Crippen molar-refractivity contribution in [2.24, 2.45) is 0 Å². The lowest BCUT2D eigenvalue weighted by Crippen LogP contribution is -2.41. The van der Waals surface area contributed by atoms with Crippen molar-refractivity contribution in [1.82, 2.24) is 9.88 Å². The number of pyridine rings is 1. The average molecular weight is 445 g/mol. The highest BCUT2D eigenvalue weighted by molar-refractivity contribution is 6.39. The number of ether oxygens (including phenoxy) is 1. The summed E-state index contributed by atoms with van der Waals surface area (Å²) in [6.07, 6.45) is 0. The van der Waals surface area contributed by atoms with Gasteiger partial charge in [0.25, 0.3) is 11.8 Å². The summed E-state index contributed by atoms with van der Waals surface area (Å²) < 4.78 is 5.82. The van der Waals surface area contributed by atoms with Gasteiger partial charge in [-0.05, 0) is 31.2 Å². The molecule has 0 saturated heterocycles. The Hall–Kier alpha value is -3.16. The molecule has 1 atom stereocenters. The topological polar surface area (TPSA) is 96.8 Å². The van der Waals surface area contributed by atoms with Gasteiger partial charge in [-0.15, -0.1) is 0 Å². The van der Waals surface area contributed by atoms with Crippen molar-refractivity contribution < 1.29 is 24.2 Å². The van der Waals surface area contributed by atoms with E-state index in [-0.39, 0.29) is 28.6 Å². The van der Waals surface area contributed by atoms with E-state index in [0.717, 1.165) is 4.90 Å². The first kappa shape index (κ1) is 20.1. The molecule has 1 unspecified atom stereocenters. The van der Waals surface area contributed by atoms with Crippen molar-refractivity contribution in [3.05, 3.63) is 69.3 Å². The van der Waals surface area contributed by atoms with Crippen molar-refractivity contribution in [2.75, 3.05) is 6.61 Å². The Bertz CT molecular complexity index is 1190. The number of aromatic carboxylic acids is 1. The number of carbonyl (C=O) groups excluding carboxylic acids is 2. The fourth-order valence-electron chi connectivity index (χ4n) is 3.37. The lowest BCUT2D eigenvalue weighted by Gasteiger charge is -2.23. The van der Waals surface area contributed by atoms with Gasteiger partial charge in [-0.3, -0.25) is 14.5 Å². The summed E-state index contributed by atoms with van der Waals surface area (Å²) in [5, 5.41) is 10.3. The van der Waals surface area contributed by atoms with Crippen molar-refractivity contribution in [2.45, 2.75) is 13.0 Å². The number of fused-ring (bicyclic) bond motifs is 2. The molecule has 0 fully saturated rings. The number of benzene rings is 2. The number of carbonyl (C=O) groups is 3. The van der Waals surface area contributed by atoms with E-state index in [1.165, 1.54) is 18.2 Å². The highest BCUT2D eigenvalue weighted by atomic mass is 35.5. The third-order valence-corrected chi connectivity index (χ3v) is 5.27. The smallest absolute Gasteiger partial charge is 0.354 e. The molecule has 0 bridgehead atoms. The Kier molecular flexibility index (Phi) is 5.09. The maximum Gasteiger partial charge on any atom is 0.354 e. The molecule has 0 aliphatic carbocycles. The molecule has 2 heterocycles. The highest BCUT2D eigenvalue weighted by Gasteiger charge is 2.38. The minimum absolute atomic E-state index is 0.0669. The van der Waals surface area contributed by atoms with Gasteiger partial charge in [-0.25, -0.2) is 9.78 Å². The van der Waals surface area contributed by atoms with E-state index in [4.69, 9.17) is 27.9 Å². The van der Waals surface area contributed by atoms with Crippen LogP contribution in [0.1, 0.15) is 38.1 Å². The lowest BCUT2D eigenvalue weighted by atomic mass is 10.1. The van der Waals surface area contributed by atoms with E-state index in [2.05, 4.69) is 4.98 Å². The van der Waals surface area contributed by atoms with Crippen LogP contribution >= 0.6 is 23.2 Å². The second-order valence-corrected chi connectivity index (χ2v) is 7.62. The largest absolute Gasteiger partial charge is 0.491 e. The predicted molar refractivity (Wildman–Crippen MR) is 111 cm³/mol. The minimum atomic E-state index is -1.24. The summed E-state index contributed by atoms with van der Waals surface area (Å²) >= 11 is 12.3. The summed E-state index contributed by atoms with van der Waals surface area (Å²) in [6.45, 7) is 1.60. The van der Waals surface area contributed by atoms with E-state index in [9.17, 15) is 19.5 Å². The zero-order valence-electron chi connectivity index (χ0n) is 15.6. The summed E-state index contributed by atoms with van der Waals surface area (Å²) in [6, 6.07) is 10.2. The second kappa shape index (κ2) is 7.59. The molecule has 152 valence electrons. The van der Waals surface area contributed by atoms with Gasteiger partial charge >= 0.3 is 5.97 Å². The van der Waals surface area contributed by atoms with Crippen LogP contribution in [0, 0.1) is 0 Å². The molecule has 0 saturated carbocycles. The molecule has 1 N–H and O–H groups in total. The number of halogens is 2. The number of aromatic nitrogens is 1. The maximum atomic E-state index is 12.6. The van der Waals surface area contributed by atoms with Gasteiger partial charge in [-0.2, -0.15) is 0 Å². The van der Waals surface area contributed by atoms with Crippen LogP contribution in [0.5, 0.6) is 5.75 Å². The second-order valence-electron chi connectivity index (χ2n) is 6.78. The number of imide groups is 1. The number of hydrogen-bond acceptors (Lipinski definition) is 5. The lowest BCUT2D eigenvalue weighted by molar-refractivity contribution is 0.0551. The van der Waals surface area contributed by atoms with Crippen LogP contribution in [0.25, 0.3) is 10.9 Å². The van der Waals surface area contributed by atoms with E-state index < -0.39 is 23.8 Å². The van der Waals surface area contributed by atoms with Gasteiger partial charge in [0.15, 0.2) is 5.69 Å². The number of hydrogen-bond donors (Lipinski definition) is 1. The molecule has 1 aromatic heterocycles. The summed E-state index contributed by atoms with van der Waals surface area (Å²) in [5.41, 5.74) is 0.698. The molecular weight excluding hydrogens is 431 g/mol. The fourth-order valence-corrected chi connectivity index (χ4v) is 3.94.